The van der Waals surface area contributed by atoms with Crippen molar-refractivity contribution in [2.45, 2.75) is 44.6 Å². The van der Waals surface area contributed by atoms with Gasteiger partial charge in [-0.25, -0.2) is 4.79 Å². The van der Waals surface area contributed by atoms with Crippen molar-refractivity contribution in [1.82, 2.24) is 10.6 Å². The van der Waals surface area contributed by atoms with Gasteiger partial charge in [0.15, 0.2) is 0 Å². The molecule has 0 aromatic heterocycles. The first kappa shape index (κ1) is 12.9. The highest BCUT2D eigenvalue weighted by atomic mass is 16.2. The highest BCUT2D eigenvalue weighted by molar-refractivity contribution is 5.77. The van der Waals surface area contributed by atoms with Gasteiger partial charge in [0, 0.05) is 6.54 Å². The van der Waals surface area contributed by atoms with E-state index in [0.717, 1.165) is 19.4 Å². The molecule has 3 heteroatoms. The van der Waals surface area contributed by atoms with Crippen LogP contribution >= 0.6 is 0 Å². The Morgan fingerprint density at radius 1 is 1.06 bits per heavy atom. The molecule has 0 atom stereocenters. The van der Waals surface area contributed by atoms with Crippen LogP contribution in [0.25, 0.3) is 0 Å². The van der Waals surface area contributed by atoms with E-state index in [2.05, 4.69) is 29.7 Å². The maximum Gasteiger partial charge on any atom is 0.315 e. The molecule has 1 saturated carbocycles. The molecule has 2 aliphatic rings. The Morgan fingerprint density at radius 3 is 2.17 bits per heavy atom. The largest absolute Gasteiger partial charge is 0.336 e. The minimum absolute atomic E-state index is 0.0203. The third-order valence-corrected chi connectivity index (χ3v) is 3.72. The SMILES string of the molecule is Cc1ccccc1.O=C1NCC2(CCCCC2)N1. The molecule has 1 heterocycles. The van der Waals surface area contributed by atoms with Crippen molar-refractivity contribution in [3.8, 4) is 0 Å². The lowest BCUT2D eigenvalue weighted by Crippen LogP contribution is -2.44. The molecule has 0 radical (unpaired) electrons. The summed E-state index contributed by atoms with van der Waals surface area (Å²) in [5.41, 5.74) is 1.46. The predicted octanol–water partition coefficient (Wildman–Crippen LogP) is 3.00. The van der Waals surface area contributed by atoms with Crippen LogP contribution in [0.3, 0.4) is 0 Å². The fourth-order valence-electron chi connectivity index (χ4n) is 2.64. The number of benzene rings is 1. The zero-order valence-corrected chi connectivity index (χ0v) is 11.0. The molecule has 98 valence electrons. The van der Waals surface area contributed by atoms with E-state index in [0.29, 0.717) is 0 Å². The van der Waals surface area contributed by atoms with Gasteiger partial charge in [0.2, 0.25) is 0 Å². The fraction of sp³-hybridized carbons (Fsp3) is 0.533. The van der Waals surface area contributed by atoms with Gasteiger partial charge in [-0.05, 0) is 19.8 Å². The average molecular weight is 246 g/mol. The summed E-state index contributed by atoms with van der Waals surface area (Å²) in [7, 11) is 0. The molecule has 3 nitrogen and oxygen atoms in total. The van der Waals surface area contributed by atoms with E-state index in [9.17, 15) is 4.79 Å². The summed E-state index contributed by atoms with van der Waals surface area (Å²) in [6.07, 6.45) is 6.18. The van der Waals surface area contributed by atoms with Crippen LogP contribution in [0, 0.1) is 6.92 Å². The van der Waals surface area contributed by atoms with Crippen LogP contribution in [0.2, 0.25) is 0 Å². The van der Waals surface area contributed by atoms with Crippen LogP contribution in [-0.4, -0.2) is 18.1 Å². The number of carbonyl (C=O) groups excluding carboxylic acids is 1. The molecule has 2 amide bonds. The molecular formula is C15H22N2O. The topological polar surface area (TPSA) is 41.1 Å². The molecule has 1 aromatic carbocycles. The molecular weight excluding hydrogens is 224 g/mol. The lowest BCUT2D eigenvalue weighted by molar-refractivity contribution is 0.236. The van der Waals surface area contributed by atoms with E-state index >= 15 is 0 Å². The maximum absolute atomic E-state index is 10.9. The molecule has 2 fully saturated rings. The summed E-state index contributed by atoms with van der Waals surface area (Å²) in [6, 6.07) is 10.3. The van der Waals surface area contributed by atoms with Crippen LogP contribution in [0.15, 0.2) is 30.3 Å². The number of aryl methyl sites for hydroxylation is 1. The second kappa shape index (κ2) is 5.89. The predicted molar refractivity (Wildman–Crippen MR) is 73.5 cm³/mol. The lowest BCUT2D eigenvalue weighted by Gasteiger charge is -2.31. The molecule has 0 unspecified atom stereocenters. The Balaban J connectivity index is 0.000000149. The van der Waals surface area contributed by atoms with Gasteiger partial charge in [-0.3, -0.25) is 0 Å². The standard InChI is InChI=1S/C8H14N2O.C7H8/c11-7-9-6-8(10-7)4-2-1-3-5-8;1-7-5-3-2-4-6-7/h1-6H2,(H2,9,10,11);2-6H,1H3. The minimum atomic E-state index is 0.0203. The molecule has 18 heavy (non-hydrogen) atoms. The maximum atomic E-state index is 10.9. The highest BCUT2D eigenvalue weighted by Gasteiger charge is 2.37. The lowest BCUT2D eigenvalue weighted by atomic mass is 9.82. The van der Waals surface area contributed by atoms with Crippen LogP contribution in [-0.2, 0) is 0 Å². The second-order valence-electron chi connectivity index (χ2n) is 5.30. The zero-order chi connectivity index (χ0) is 12.8. The van der Waals surface area contributed by atoms with E-state index < -0.39 is 0 Å². The molecule has 1 aromatic rings. The number of urea groups is 1. The molecule has 2 N–H and O–H groups in total. The van der Waals surface area contributed by atoms with Gasteiger partial charge in [-0.1, -0.05) is 55.2 Å². The number of nitrogens with one attached hydrogen (secondary N) is 2. The monoisotopic (exact) mass is 246 g/mol. The van der Waals surface area contributed by atoms with Crippen LogP contribution in [0.4, 0.5) is 4.79 Å². The van der Waals surface area contributed by atoms with Gasteiger partial charge >= 0.3 is 6.03 Å². The fourth-order valence-corrected chi connectivity index (χ4v) is 2.64. The van der Waals surface area contributed by atoms with E-state index in [4.69, 9.17) is 0 Å². The van der Waals surface area contributed by atoms with Gasteiger partial charge < -0.3 is 10.6 Å². The highest BCUT2D eigenvalue weighted by Crippen LogP contribution is 2.29. The third kappa shape index (κ3) is 3.49. The Labute approximate surface area is 109 Å². The number of hydrogen-bond acceptors (Lipinski definition) is 1. The Morgan fingerprint density at radius 2 is 1.72 bits per heavy atom. The second-order valence-corrected chi connectivity index (χ2v) is 5.30. The smallest absolute Gasteiger partial charge is 0.315 e. The molecule has 3 rings (SSSR count). The van der Waals surface area contributed by atoms with Gasteiger partial charge in [0.25, 0.3) is 0 Å². The first-order valence-electron chi connectivity index (χ1n) is 6.78. The van der Waals surface area contributed by atoms with Gasteiger partial charge in [-0.15, -0.1) is 0 Å². The van der Waals surface area contributed by atoms with Crippen LogP contribution in [0.5, 0.6) is 0 Å². The van der Waals surface area contributed by atoms with Crippen molar-refractivity contribution >= 4 is 6.03 Å². The van der Waals surface area contributed by atoms with Crippen molar-refractivity contribution in [3.63, 3.8) is 0 Å². The van der Waals surface area contributed by atoms with E-state index in [1.54, 1.807) is 0 Å². The van der Waals surface area contributed by atoms with E-state index in [1.165, 1.54) is 24.8 Å². The molecule has 1 saturated heterocycles. The quantitative estimate of drug-likeness (QED) is 0.726. The van der Waals surface area contributed by atoms with Crippen molar-refractivity contribution in [2.24, 2.45) is 0 Å². The summed E-state index contributed by atoms with van der Waals surface area (Å²) in [5, 5.41) is 5.85. The van der Waals surface area contributed by atoms with E-state index in [1.807, 2.05) is 18.2 Å². The number of amides is 2. The van der Waals surface area contributed by atoms with Gasteiger partial charge in [0.1, 0.15) is 0 Å². The Kier molecular flexibility index (Phi) is 4.24. The van der Waals surface area contributed by atoms with Gasteiger partial charge in [-0.2, -0.15) is 0 Å². The molecule has 1 spiro atoms. The molecule has 1 aliphatic carbocycles. The normalized spacial score (nSPS) is 20.6. The van der Waals surface area contributed by atoms with Crippen molar-refractivity contribution in [2.75, 3.05) is 6.54 Å². The van der Waals surface area contributed by atoms with Crippen molar-refractivity contribution in [1.29, 1.82) is 0 Å². The summed E-state index contributed by atoms with van der Waals surface area (Å²) in [4.78, 5) is 10.9. The average Bonchev–Trinajstić information content (AvgIpc) is 2.73. The Hall–Kier alpha value is -1.51. The summed E-state index contributed by atoms with van der Waals surface area (Å²) >= 11 is 0. The number of rotatable bonds is 0. The molecule has 1 aliphatic heterocycles. The van der Waals surface area contributed by atoms with Crippen LogP contribution in [0.1, 0.15) is 37.7 Å². The van der Waals surface area contributed by atoms with Crippen molar-refractivity contribution in [3.05, 3.63) is 35.9 Å². The molecule has 0 bridgehead atoms. The summed E-state index contributed by atoms with van der Waals surface area (Å²) in [5.74, 6) is 0. The number of carbonyl (C=O) groups is 1. The van der Waals surface area contributed by atoms with Crippen molar-refractivity contribution < 1.29 is 4.79 Å². The van der Waals surface area contributed by atoms with Crippen LogP contribution < -0.4 is 10.6 Å². The minimum Gasteiger partial charge on any atom is -0.336 e. The summed E-state index contributed by atoms with van der Waals surface area (Å²) in [6.45, 7) is 2.92. The number of hydrogen-bond donors (Lipinski definition) is 2. The van der Waals surface area contributed by atoms with Gasteiger partial charge in [0.05, 0.1) is 5.54 Å². The Bertz CT molecular complexity index is 383. The third-order valence-electron chi connectivity index (χ3n) is 3.72. The first-order valence-corrected chi connectivity index (χ1v) is 6.78. The zero-order valence-electron chi connectivity index (χ0n) is 11.0. The first-order chi connectivity index (χ1) is 8.70. The summed E-state index contributed by atoms with van der Waals surface area (Å²) < 4.78 is 0. The van der Waals surface area contributed by atoms with E-state index in [-0.39, 0.29) is 11.6 Å².